The number of aryl methyl sites for hydroxylation is 2. The van der Waals surface area contributed by atoms with Gasteiger partial charge in [0, 0.05) is 43.0 Å². The van der Waals surface area contributed by atoms with Gasteiger partial charge in [-0.15, -0.1) is 0 Å². The summed E-state index contributed by atoms with van der Waals surface area (Å²) < 4.78 is 42.7. The van der Waals surface area contributed by atoms with E-state index >= 15 is 0 Å². The van der Waals surface area contributed by atoms with E-state index in [-0.39, 0.29) is 18.4 Å². The second-order valence-corrected chi connectivity index (χ2v) is 6.76. The van der Waals surface area contributed by atoms with Crippen molar-refractivity contribution in [2.24, 2.45) is 13.0 Å². The van der Waals surface area contributed by atoms with Gasteiger partial charge in [-0.05, 0) is 32.1 Å². The molecule has 9 heteroatoms. The van der Waals surface area contributed by atoms with Gasteiger partial charge in [-0.3, -0.25) is 14.2 Å². The minimum Gasteiger partial charge on any atom is -0.309 e. The van der Waals surface area contributed by atoms with Gasteiger partial charge in [0.05, 0.1) is 0 Å². The summed E-state index contributed by atoms with van der Waals surface area (Å²) in [5.74, 6) is -0.115. The third-order valence-corrected chi connectivity index (χ3v) is 4.71. The summed E-state index contributed by atoms with van der Waals surface area (Å²) in [6.45, 7) is 2.04. The SMILES string of the molecule is CC(CCn1nc(C(F)(F)F)c2c1CCCC2)C(=O)Nc1ccn(C)n1. The molecule has 1 aliphatic rings. The van der Waals surface area contributed by atoms with E-state index in [1.807, 2.05) is 0 Å². The molecular formula is C17H22F3N5O. The third-order valence-electron chi connectivity index (χ3n) is 4.71. The standard InChI is InChI=1S/C17H22F3N5O/c1-11(16(26)21-14-8-9-24(2)22-14)7-10-25-13-6-4-3-5-12(13)15(23-25)17(18,19)20/h8-9,11H,3-7,10H2,1-2H3,(H,21,22,26). The molecule has 2 aromatic heterocycles. The van der Waals surface area contributed by atoms with Gasteiger partial charge in [0.2, 0.25) is 5.91 Å². The highest BCUT2D eigenvalue weighted by atomic mass is 19.4. The lowest BCUT2D eigenvalue weighted by atomic mass is 9.95. The Morgan fingerprint density at radius 2 is 2.04 bits per heavy atom. The topological polar surface area (TPSA) is 64.7 Å². The minimum atomic E-state index is -4.44. The first kappa shape index (κ1) is 18.5. The molecule has 1 aliphatic carbocycles. The van der Waals surface area contributed by atoms with Crippen LogP contribution in [0.25, 0.3) is 0 Å². The average Bonchev–Trinajstić information content (AvgIpc) is 3.16. The first-order valence-electron chi connectivity index (χ1n) is 8.72. The summed E-state index contributed by atoms with van der Waals surface area (Å²) in [7, 11) is 1.75. The smallest absolute Gasteiger partial charge is 0.309 e. The highest BCUT2D eigenvalue weighted by Gasteiger charge is 2.39. The average molecular weight is 369 g/mol. The van der Waals surface area contributed by atoms with Crippen molar-refractivity contribution < 1.29 is 18.0 Å². The maximum atomic E-state index is 13.2. The van der Waals surface area contributed by atoms with Crippen molar-refractivity contribution in [3.8, 4) is 0 Å². The molecule has 0 saturated heterocycles. The van der Waals surface area contributed by atoms with Crippen LogP contribution in [0, 0.1) is 5.92 Å². The van der Waals surface area contributed by atoms with Gasteiger partial charge in [-0.1, -0.05) is 6.92 Å². The fourth-order valence-corrected chi connectivity index (χ4v) is 3.26. The van der Waals surface area contributed by atoms with E-state index in [0.717, 1.165) is 12.8 Å². The maximum Gasteiger partial charge on any atom is 0.435 e. The van der Waals surface area contributed by atoms with E-state index in [9.17, 15) is 18.0 Å². The summed E-state index contributed by atoms with van der Waals surface area (Å²) in [6.07, 6.45) is 0.330. The van der Waals surface area contributed by atoms with Gasteiger partial charge >= 0.3 is 6.18 Å². The molecule has 6 nitrogen and oxygen atoms in total. The lowest BCUT2D eigenvalue weighted by molar-refractivity contribution is -0.142. The number of nitrogens with zero attached hydrogens (tertiary/aromatic N) is 4. The predicted octanol–water partition coefficient (Wildman–Crippen LogP) is 3.18. The van der Waals surface area contributed by atoms with Gasteiger partial charge in [0.15, 0.2) is 11.5 Å². The molecule has 2 aromatic rings. The number of hydrogen-bond acceptors (Lipinski definition) is 3. The van der Waals surface area contributed by atoms with Crippen LogP contribution < -0.4 is 5.32 Å². The summed E-state index contributed by atoms with van der Waals surface area (Å²) in [5, 5.41) is 10.6. The lowest BCUT2D eigenvalue weighted by Gasteiger charge is -2.16. The van der Waals surface area contributed by atoms with E-state index in [1.54, 1.807) is 30.9 Å². The van der Waals surface area contributed by atoms with E-state index in [0.29, 0.717) is 36.3 Å². The summed E-state index contributed by atoms with van der Waals surface area (Å²) in [5.41, 5.74) is 0.230. The van der Waals surface area contributed by atoms with Crippen LogP contribution in [0.4, 0.5) is 19.0 Å². The monoisotopic (exact) mass is 369 g/mol. The molecule has 2 heterocycles. The molecule has 3 rings (SSSR count). The van der Waals surface area contributed by atoms with Crippen molar-refractivity contribution in [2.75, 3.05) is 5.32 Å². The molecule has 0 aromatic carbocycles. The molecule has 0 saturated carbocycles. The summed E-state index contributed by atoms with van der Waals surface area (Å²) in [6, 6.07) is 1.68. The number of amides is 1. The third kappa shape index (κ3) is 3.91. The van der Waals surface area contributed by atoms with Crippen molar-refractivity contribution in [1.29, 1.82) is 0 Å². The molecule has 0 radical (unpaired) electrons. The van der Waals surface area contributed by atoms with Crippen molar-refractivity contribution in [1.82, 2.24) is 19.6 Å². The summed E-state index contributed by atoms with van der Waals surface area (Å²) >= 11 is 0. The number of halogens is 3. The van der Waals surface area contributed by atoms with Gasteiger partial charge < -0.3 is 5.32 Å². The fraction of sp³-hybridized carbons (Fsp3) is 0.588. The molecule has 0 aliphatic heterocycles. The van der Waals surface area contributed by atoms with Crippen molar-refractivity contribution in [3.05, 3.63) is 29.2 Å². The molecule has 0 spiro atoms. The Hall–Kier alpha value is -2.32. The Labute approximate surface area is 149 Å². The molecular weight excluding hydrogens is 347 g/mol. The molecule has 26 heavy (non-hydrogen) atoms. The maximum absolute atomic E-state index is 13.2. The second-order valence-electron chi connectivity index (χ2n) is 6.76. The van der Waals surface area contributed by atoms with Crippen LogP contribution in [0.5, 0.6) is 0 Å². The number of alkyl halides is 3. The number of aromatic nitrogens is 4. The van der Waals surface area contributed by atoms with Crippen LogP contribution >= 0.6 is 0 Å². The number of fused-ring (bicyclic) bond motifs is 1. The minimum absolute atomic E-state index is 0.208. The number of carbonyl (C=O) groups excluding carboxylic acids is 1. The van der Waals surface area contributed by atoms with E-state index in [1.165, 1.54) is 4.68 Å². The first-order chi connectivity index (χ1) is 12.3. The number of nitrogens with one attached hydrogen (secondary N) is 1. The van der Waals surface area contributed by atoms with Crippen LogP contribution in [-0.4, -0.2) is 25.5 Å². The molecule has 0 fully saturated rings. The Balaban J connectivity index is 1.67. The van der Waals surface area contributed by atoms with Crippen LogP contribution in [0.15, 0.2) is 12.3 Å². The molecule has 1 unspecified atom stereocenters. The quantitative estimate of drug-likeness (QED) is 0.880. The van der Waals surface area contributed by atoms with Crippen molar-refractivity contribution in [2.45, 2.75) is 51.7 Å². The Bertz CT molecular complexity index is 793. The molecule has 1 N–H and O–H groups in total. The highest BCUT2D eigenvalue weighted by molar-refractivity contribution is 5.91. The molecule has 1 amide bonds. The predicted molar refractivity (Wildman–Crippen MR) is 89.5 cm³/mol. The zero-order valence-electron chi connectivity index (χ0n) is 14.8. The van der Waals surface area contributed by atoms with Crippen molar-refractivity contribution in [3.63, 3.8) is 0 Å². The van der Waals surface area contributed by atoms with E-state index < -0.39 is 11.9 Å². The molecule has 0 bridgehead atoms. The van der Waals surface area contributed by atoms with Crippen LogP contribution in [0.1, 0.15) is 43.1 Å². The Morgan fingerprint density at radius 1 is 1.31 bits per heavy atom. The van der Waals surface area contributed by atoms with Crippen molar-refractivity contribution >= 4 is 11.7 Å². The Kier molecular flexibility index (Phi) is 5.06. The van der Waals surface area contributed by atoms with E-state index in [2.05, 4.69) is 15.5 Å². The van der Waals surface area contributed by atoms with Crippen LogP contribution in [0.2, 0.25) is 0 Å². The number of anilines is 1. The first-order valence-corrected chi connectivity index (χ1v) is 8.72. The zero-order valence-corrected chi connectivity index (χ0v) is 14.8. The second kappa shape index (κ2) is 7.13. The largest absolute Gasteiger partial charge is 0.435 e. The van der Waals surface area contributed by atoms with Gasteiger partial charge in [-0.2, -0.15) is 23.4 Å². The van der Waals surface area contributed by atoms with Gasteiger partial charge in [0.25, 0.3) is 0 Å². The van der Waals surface area contributed by atoms with Crippen LogP contribution in [0.3, 0.4) is 0 Å². The summed E-state index contributed by atoms with van der Waals surface area (Å²) in [4.78, 5) is 12.2. The fourth-order valence-electron chi connectivity index (χ4n) is 3.26. The molecule has 142 valence electrons. The normalized spacial score (nSPS) is 15.6. The Morgan fingerprint density at radius 3 is 2.69 bits per heavy atom. The molecule has 1 atom stereocenters. The zero-order chi connectivity index (χ0) is 18.9. The number of carbonyl (C=O) groups is 1. The van der Waals surface area contributed by atoms with Gasteiger partial charge in [-0.25, -0.2) is 0 Å². The lowest BCUT2D eigenvalue weighted by Crippen LogP contribution is -2.22. The van der Waals surface area contributed by atoms with Crippen LogP contribution in [-0.2, 0) is 37.4 Å². The highest BCUT2D eigenvalue weighted by Crippen LogP contribution is 2.36. The number of rotatable bonds is 5. The number of hydrogen-bond donors (Lipinski definition) is 1. The van der Waals surface area contributed by atoms with Gasteiger partial charge in [0.1, 0.15) is 0 Å². The van der Waals surface area contributed by atoms with E-state index in [4.69, 9.17) is 0 Å².